The topological polar surface area (TPSA) is 72.8 Å². The molecule has 1 aliphatic rings. The van der Waals surface area contributed by atoms with E-state index in [1.54, 1.807) is 17.0 Å². The van der Waals surface area contributed by atoms with Crippen LogP contribution in [0.15, 0.2) is 12.1 Å². The number of hydrogen-bond acceptors (Lipinski definition) is 6. The van der Waals surface area contributed by atoms with Gasteiger partial charge in [-0.25, -0.2) is 0 Å². The summed E-state index contributed by atoms with van der Waals surface area (Å²) >= 11 is 0. The number of piperazine rings is 1. The minimum absolute atomic E-state index is 0.0798. The number of hydrogen-bond donors (Lipinski definition) is 1. The summed E-state index contributed by atoms with van der Waals surface area (Å²) in [5, 5.41) is 18.3. The van der Waals surface area contributed by atoms with E-state index in [-0.39, 0.29) is 17.4 Å². The zero-order valence-corrected chi connectivity index (χ0v) is 15.4. The number of anilines is 1. The number of aliphatic hydroxyl groups excluding tert-OH is 1. The van der Waals surface area contributed by atoms with E-state index in [4.69, 9.17) is 0 Å². The van der Waals surface area contributed by atoms with Gasteiger partial charge >= 0.3 is 0 Å². The van der Waals surface area contributed by atoms with Gasteiger partial charge in [-0.2, -0.15) is 0 Å². The average molecular weight is 335 g/mol. The molecule has 1 atom stereocenters. The monoisotopic (exact) mass is 335 g/mol. The Labute approximate surface area is 144 Å². The van der Waals surface area contributed by atoms with Gasteiger partial charge in [0.2, 0.25) is 0 Å². The van der Waals surface area contributed by atoms with E-state index in [9.17, 15) is 9.90 Å². The summed E-state index contributed by atoms with van der Waals surface area (Å²) in [6.45, 7) is 9.57. The predicted molar refractivity (Wildman–Crippen MR) is 94.2 cm³/mol. The first-order valence-corrected chi connectivity index (χ1v) is 8.39. The van der Waals surface area contributed by atoms with Crippen LogP contribution in [0, 0.1) is 5.41 Å². The van der Waals surface area contributed by atoms with E-state index in [0.29, 0.717) is 25.3 Å². The fourth-order valence-electron chi connectivity index (χ4n) is 2.49. The first-order chi connectivity index (χ1) is 11.2. The Morgan fingerprint density at radius 2 is 1.83 bits per heavy atom. The zero-order chi connectivity index (χ0) is 17.9. The first kappa shape index (κ1) is 18.6. The van der Waals surface area contributed by atoms with Gasteiger partial charge in [0.1, 0.15) is 0 Å². The van der Waals surface area contributed by atoms with Crippen LogP contribution in [0.3, 0.4) is 0 Å². The zero-order valence-electron chi connectivity index (χ0n) is 15.4. The van der Waals surface area contributed by atoms with Crippen molar-refractivity contribution in [3.05, 3.63) is 17.8 Å². The Morgan fingerprint density at radius 3 is 2.29 bits per heavy atom. The molecule has 24 heavy (non-hydrogen) atoms. The molecular formula is C17H29N5O2. The summed E-state index contributed by atoms with van der Waals surface area (Å²) in [7, 11) is 3.77. The molecule has 1 N–H and O–H groups in total. The summed E-state index contributed by atoms with van der Waals surface area (Å²) in [5.74, 6) is 0.649. The van der Waals surface area contributed by atoms with Crippen molar-refractivity contribution >= 4 is 11.7 Å². The van der Waals surface area contributed by atoms with Crippen molar-refractivity contribution < 1.29 is 9.90 Å². The molecule has 7 nitrogen and oxygen atoms in total. The molecule has 0 aromatic carbocycles. The summed E-state index contributed by atoms with van der Waals surface area (Å²) in [6.07, 6.45) is -0.371. The van der Waals surface area contributed by atoms with E-state index >= 15 is 0 Å². The molecular weight excluding hydrogens is 306 g/mol. The molecule has 0 spiro atoms. The number of carbonyl (C=O) groups is 1. The van der Waals surface area contributed by atoms with Crippen LogP contribution in [0.25, 0.3) is 0 Å². The van der Waals surface area contributed by atoms with E-state index in [1.807, 2.05) is 39.8 Å². The van der Waals surface area contributed by atoms with Crippen molar-refractivity contribution in [2.45, 2.75) is 26.9 Å². The third-order valence-electron chi connectivity index (χ3n) is 4.42. The second-order valence-corrected chi connectivity index (χ2v) is 7.65. The molecule has 2 rings (SSSR count). The molecule has 1 saturated heterocycles. The molecule has 2 heterocycles. The molecule has 0 bridgehead atoms. The van der Waals surface area contributed by atoms with Gasteiger partial charge in [0.15, 0.2) is 11.5 Å². The van der Waals surface area contributed by atoms with Crippen molar-refractivity contribution in [2.24, 2.45) is 5.41 Å². The highest BCUT2D eigenvalue weighted by Crippen LogP contribution is 2.20. The minimum atomic E-state index is -0.371. The normalized spacial score (nSPS) is 17.7. The van der Waals surface area contributed by atoms with Crippen molar-refractivity contribution in [1.82, 2.24) is 20.0 Å². The van der Waals surface area contributed by atoms with Gasteiger partial charge in [-0.3, -0.25) is 9.69 Å². The van der Waals surface area contributed by atoms with Crippen LogP contribution in [0.2, 0.25) is 0 Å². The van der Waals surface area contributed by atoms with Crippen molar-refractivity contribution in [3.63, 3.8) is 0 Å². The number of β-amino-alcohol motifs (C(OH)–C–C–N with tert-alkyl or cyclic N) is 1. The third-order valence-corrected chi connectivity index (χ3v) is 4.42. The highest BCUT2D eigenvalue weighted by molar-refractivity contribution is 5.92. The second kappa shape index (κ2) is 7.44. The lowest BCUT2D eigenvalue weighted by Gasteiger charge is -2.37. The van der Waals surface area contributed by atoms with Gasteiger partial charge in [0, 0.05) is 46.8 Å². The van der Waals surface area contributed by atoms with Gasteiger partial charge in [-0.05, 0) is 17.5 Å². The highest BCUT2D eigenvalue weighted by atomic mass is 16.3. The Kier molecular flexibility index (Phi) is 5.77. The smallest absolute Gasteiger partial charge is 0.274 e. The van der Waals surface area contributed by atoms with Gasteiger partial charge in [0.05, 0.1) is 6.10 Å². The van der Waals surface area contributed by atoms with Gasteiger partial charge < -0.3 is 14.9 Å². The molecule has 1 aliphatic heterocycles. The molecule has 1 aromatic rings. The predicted octanol–water partition coefficient (Wildman–Crippen LogP) is 0.707. The molecule has 134 valence electrons. The number of amides is 1. The number of rotatable bonds is 4. The molecule has 1 fully saturated rings. The molecule has 0 aliphatic carbocycles. The molecule has 1 amide bonds. The molecule has 0 unspecified atom stereocenters. The standard InChI is InChI=1S/C17H29N5O2/c1-17(2,3)14(23)12-21-8-10-22(11-9-21)16(24)13-6-7-15(19-18-13)20(4)5/h6-7,14,23H,8-12H2,1-5H3/t14-/m0/s1. The lowest BCUT2D eigenvalue weighted by atomic mass is 9.89. The summed E-state index contributed by atoms with van der Waals surface area (Å²) < 4.78 is 0. The van der Waals surface area contributed by atoms with E-state index in [0.717, 1.165) is 18.9 Å². The van der Waals surface area contributed by atoms with Crippen LogP contribution in [0.5, 0.6) is 0 Å². The van der Waals surface area contributed by atoms with Gasteiger partial charge in [0.25, 0.3) is 5.91 Å². The summed E-state index contributed by atoms with van der Waals surface area (Å²) in [5.41, 5.74) is 0.250. The fraction of sp³-hybridized carbons (Fsp3) is 0.706. The molecule has 7 heteroatoms. The average Bonchev–Trinajstić information content (AvgIpc) is 2.54. The van der Waals surface area contributed by atoms with Crippen LogP contribution in [-0.2, 0) is 0 Å². The first-order valence-electron chi connectivity index (χ1n) is 8.39. The van der Waals surface area contributed by atoms with Crippen molar-refractivity contribution in [2.75, 3.05) is 51.7 Å². The lowest BCUT2D eigenvalue weighted by molar-refractivity contribution is 0.0135. The summed E-state index contributed by atoms with van der Waals surface area (Å²) in [6, 6.07) is 3.52. The molecule has 0 saturated carbocycles. The maximum absolute atomic E-state index is 12.5. The SMILES string of the molecule is CN(C)c1ccc(C(=O)N2CCN(C[C@H](O)C(C)(C)C)CC2)nn1. The maximum atomic E-state index is 12.5. The van der Waals surface area contributed by atoms with Crippen molar-refractivity contribution in [3.8, 4) is 0 Å². The number of nitrogens with zero attached hydrogens (tertiary/aromatic N) is 5. The number of aromatic nitrogens is 2. The lowest BCUT2D eigenvalue weighted by Crippen LogP contribution is -2.51. The van der Waals surface area contributed by atoms with Gasteiger partial charge in [-0.15, -0.1) is 10.2 Å². The highest BCUT2D eigenvalue weighted by Gasteiger charge is 2.28. The Morgan fingerprint density at radius 1 is 1.21 bits per heavy atom. The third kappa shape index (κ3) is 4.64. The quantitative estimate of drug-likeness (QED) is 0.874. The Balaban J connectivity index is 1.88. The van der Waals surface area contributed by atoms with Crippen LogP contribution < -0.4 is 4.90 Å². The van der Waals surface area contributed by atoms with E-state index in [2.05, 4.69) is 15.1 Å². The number of carbonyl (C=O) groups excluding carboxylic acids is 1. The molecule has 1 aromatic heterocycles. The second-order valence-electron chi connectivity index (χ2n) is 7.65. The largest absolute Gasteiger partial charge is 0.391 e. The summed E-state index contributed by atoms with van der Waals surface area (Å²) in [4.78, 5) is 18.4. The van der Waals surface area contributed by atoms with E-state index in [1.165, 1.54) is 0 Å². The molecule has 0 radical (unpaired) electrons. The Bertz CT molecular complexity index is 545. The van der Waals surface area contributed by atoms with Crippen molar-refractivity contribution in [1.29, 1.82) is 0 Å². The van der Waals surface area contributed by atoms with E-state index < -0.39 is 0 Å². The minimum Gasteiger partial charge on any atom is -0.391 e. The number of aliphatic hydroxyl groups is 1. The van der Waals surface area contributed by atoms with Crippen LogP contribution in [0.1, 0.15) is 31.3 Å². The van der Waals surface area contributed by atoms with Gasteiger partial charge in [-0.1, -0.05) is 20.8 Å². The van der Waals surface area contributed by atoms with Crippen LogP contribution >= 0.6 is 0 Å². The van der Waals surface area contributed by atoms with Crippen LogP contribution in [-0.4, -0.2) is 83.9 Å². The Hall–Kier alpha value is -1.73. The fourth-order valence-corrected chi connectivity index (χ4v) is 2.49. The maximum Gasteiger partial charge on any atom is 0.274 e. The van der Waals surface area contributed by atoms with Crippen LogP contribution in [0.4, 0.5) is 5.82 Å².